The van der Waals surface area contributed by atoms with E-state index in [1.807, 2.05) is 37.3 Å². The lowest BCUT2D eigenvalue weighted by Crippen LogP contribution is -2.38. The van der Waals surface area contributed by atoms with Crippen molar-refractivity contribution < 1.29 is 27.9 Å². The van der Waals surface area contributed by atoms with Gasteiger partial charge in [-0.15, -0.1) is 0 Å². The number of fused-ring (bicyclic) bond motifs is 1. The van der Waals surface area contributed by atoms with Crippen molar-refractivity contribution in [2.75, 3.05) is 17.2 Å². The Balaban J connectivity index is 1.45. The molecule has 0 saturated carbocycles. The number of halogens is 2. The highest BCUT2D eigenvalue weighted by Crippen LogP contribution is 2.42. The number of esters is 1. The molecule has 4 rings (SSSR count). The molecule has 192 valence electrons. The van der Waals surface area contributed by atoms with Gasteiger partial charge in [0, 0.05) is 28.4 Å². The van der Waals surface area contributed by atoms with Crippen LogP contribution in [-0.2, 0) is 16.0 Å². The van der Waals surface area contributed by atoms with Crippen molar-refractivity contribution in [3.8, 4) is 11.1 Å². The minimum absolute atomic E-state index is 0.0116. The van der Waals surface area contributed by atoms with Crippen LogP contribution in [0.25, 0.3) is 11.1 Å². The average Bonchev–Trinajstić information content (AvgIpc) is 2.88. The standard InChI is InChI=1S/C29H28F2N2O4/c1-3-29(17-26(34)37-4-2)14-13-20-15-19(7-11-23(20)27(29)35)18-5-8-21(9-6-18)32-28(36)33-22-10-12-24(30)25(31)16-22/h5-12,15-16H,3-4,13-14,17H2,1-2H3,(H2,32,33,36)/t29-/m0/s1. The zero-order chi connectivity index (χ0) is 26.6. The zero-order valence-corrected chi connectivity index (χ0v) is 20.7. The summed E-state index contributed by atoms with van der Waals surface area (Å²) in [5.74, 6) is -2.39. The van der Waals surface area contributed by atoms with Crippen molar-refractivity contribution in [1.82, 2.24) is 0 Å². The van der Waals surface area contributed by atoms with Crippen molar-refractivity contribution in [1.29, 1.82) is 0 Å². The van der Waals surface area contributed by atoms with Gasteiger partial charge in [0.1, 0.15) is 0 Å². The number of ether oxygens (including phenoxy) is 1. The number of hydrogen-bond donors (Lipinski definition) is 2. The fraction of sp³-hybridized carbons (Fsp3) is 0.276. The Kier molecular flexibility index (Phi) is 7.66. The van der Waals surface area contributed by atoms with Crippen LogP contribution in [-0.4, -0.2) is 24.4 Å². The molecule has 3 aromatic rings. The Morgan fingerprint density at radius 3 is 2.24 bits per heavy atom. The molecule has 6 nitrogen and oxygen atoms in total. The molecule has 0 bridgehead atoms. The largest absolute Gasteiger partial charge is 0.466 e. The lowest BCUT2D eigenvalue weighted by Gasteiger charge is -2.35. The second kappa shape index (κ2) is 10.9. The fourth-order valence-electron chi connectivity index (χ4n) is 4.71. The van der Waals surface area contributed by atoms with E-state index in [0.717, 1.165) is 28.8 Å². The molecule has 0 aromatic heterocycles. The van der Waals surface area contributed by atoms with Gasteiger partial charge in [-0.3, -0.25) is 9.59 Å². The number of ketones is 1. The summed E-state index contributed by atoms with van der Waals surface area (Å²) in [6.45, 7) is 3.98. The van der Waals surface area contributed by atoms with E-state index >= 15 is 0 Å². The number of Topliss-reactive ketones (excluding diaryl/α,β-unsaturated/α-hetero) is 1. The summed E-state index contributed by atoms with van der Waals surface area (Å²) in [4.78, 5) is 37.7. The van der Waals surface area contributed by atoms with Crippen LogP contribution in [0.1, 0.15) is 49.0 Å². The van der Waals surface area contributed by atoms with Gasteiger partial charge in [-0.1, -0.05) is 37.3 Å². The maximum absolute atomic E-state index is 13.4. The molecular formula is C29H28F2N2O4. The van der Waals surface area contributed by atoms with E-state index in [2.05, 4.69) is 10.6 Å². The van der Waals surface area contributed by atoms with Gasteiger partial charge in [0.05, 0.1) is 13.0 Å². The highest BCUT2D eigenvalue weighted by Gasteiger charge is 2.43. The summed E-state index contributed by atoms with van der Waals surface area (Å²) in [5, 5.41) is 5.11. The molecular weight excluding hydrogens is 478 g/mol. The Morgan fingerprint density at radius 2 is 1.57 bits per heavy atom. The van der Waals surface area contributed by atoms with Crippen molar-refractivity contribution in [3.63, 3.8) is 0 Å². The lowest BCUT2D eigenvalue weighted by atomic mass is 9.67. The van der Waals surface area contributed by atoms with Crippen LogP contribution in [0.4, 0.5) is 25.0 Å². The average molecular weight is 507 g/mol. The SMILES string of the molecule is CCOC(=O)C[C@]1(CC)CCc2cc(-c3ccc(NC(=O)Nc4ccc(F)c(F)c4)cc3)ccc2C1=O. The normalized spacial score (nSPS) is 16.6. The predicted octanol–water partition coefficient (Wildman–Crippen LogP) is 6.75. The number of nitrogens with one attached hydrogen (secondary N) is 2. The molecule has 1 aliphatic rings. The number of aryl methyl sites for hydroxylation is 1. The number of rotatable bonds is 7. The molecule has 0 radical (unpaired) electrons. The number of hydrogen-bond acceptors (Lipinski definition) is 4. The maximum Gasteiger partial charge on any atom is 0.323 e. The lowest BCUT2D eigenvalue weighted by molar-refractivity contribution is -0.145. The van der Waals surface area contributed by atoms with Crippen molar-refractivity contribution in [2.45, 2.75) is 39.5 Å². The summed E-state index contributed by atoms with van der Waals surface area (Å²) in [6.07, 6.45) is 1.94. The maximum atomic E-state index is 13.4. The van der Waals surface area contributed by atoms with E-state index in [0.29, 0.717) is 37.1 Å². The van der Waals surface area contributed by atoms with Gasteiger partial charge in [-0.25, -0.2) is 13.6 Å². The van der Waals surface area contributed by atoms with Crippen molar-refractivity contribution >= 4 is 29.2 Å². The van der Waals surface area contributed by atoms with E-state index in [9.17, 15) is 23.2 Å². The van der Waals surface area contributed by atoms with E-state index in [-0.39, 0.29) is 23.9 Å². The monoisotopic (exact) mass is 506 g/mol. The topological polar surface area (TPSA) is 84.5 Å². The van der Waals surface area contributed by atoms with E-state index in [1.54, 1.807) is 19.1 Å². The van der Waals surface area contributed by atoms with Gasteiger partial charge in [0.15, 0.2) is 17.4 Å². The molecule has 0 aliphatic heterocycles. The summed E-state index contributed by atoms with van der Waals surface area (Å²) in [5.41, 5.74) is 3.35. The first-order chi connectivity index (χ1) is 17.7. The van der Waals surface area contributed by atoms with Gasteiger partial charge in [0.25, 0.3) is 0 Å². The highest BCUT2D eigenvalue weighted by molar-refractivity contribution is 6.05. The Morgan fingerprint density at radius 1 is 0.892 bits per heavy atom. The molecule has 3 aromatic carbocycles. The fourth-order valence-corrected chi connectivity index (χ4v) is 4.71. The van der Waals surface area contributed by atoms with Crippen molar-refractivity contribution in [2.24, 2.45) is 5.41 Å². The molecule has 8 heteroatoms. The van der Waals surface area contributed by atoms with Gasteiger partial charge < -0.3 is 15.4 Å². The Hall–Kier alpha value is -4.07. The van der Waals surface area contributed by atoms with E-state index < -0.39 is 23.1 Å². The van der Waals surface area contributed by atoms with Gasteiger partial charge >= 0.3 is 12.0 Å². The third-order valence-electron chi connectivity index (χ3n) is 6.82. The summed E-state index contributed by atoms with van der Waals surface area (Å²) in [6, 6.07) is 15.4. The quantitative estimate of drug-likeness (QED) is 0.347. The first-order valence-electron chi connectivity index (χ1n) is 12.2. The molecule has 0 spiro atoms. The van der Waals surface area contributed by atoms with Crippen LogP contribution < -0.4 is 10.6 Å². The van der Waals surface area contributed by atoms with Crippen molar-refractivity contribution in [3.05, 3.63) is 83.4 Å². The number of benzene rings is 3. The summed E-state index contributed by atoms with van der Waals surface area (Å²) < 4.78 is 31.5. The number of urea groups is 1. The van der Waals surface area contributed by atoms with Gasteiger partial charge in [0.2, 0.25) is 0 Å². The third-order valence-corrected chi connectivity index (χ3v) is 6.82. The highest BCUT2D eigenvalue weighted by atomic mass is 19.2. The second-order valence-corrected chi connectivity index (χ2v) is 9.10. The number of anilines is 2. The molecule has 0 unspecified atom stereocenters. The molecule has 2 amide bonds. The first-order valence-corrected chi connectivity index (χ1v) is 12.2. The smallest absolute Gasteiger partial charge is 0.323 e. The molecule has 2 N–H and O–H groups in total. The minimum Gasteiger partial charge on any atom is -0.466 e. The van der Waals surface area contributed by atoms with Crippen LogP contribution in [0.5, 0.6) is 0 Å². The van der Waals surface area contributed by atoms with Crippen LogP contribution in [0, 0.1) is 17.0 Å². The van der Waals surface area contributed by atoms with Crippen LogP contribution >= 0.6 is 0 Å². The van der Waals surface area contributed by atoms with Crippen LogP contribution in [0.3, 0.4) is 0 Å². The number of amides is 2. The summed E-state index contributed by atoms with van der Waals surface area (Å²) >= 11 is 0. The number of carbonyl (C=O) groups is 3. The van der Waals surface area contributed by atoms with E-state index in [4.69, 9.17) is 4.74 Å². The molecule has 0 heterocycles. The predicted molar refractivity (Wildman–Crippen MR) is 138 cm³/mol. The molecule has 0 fully saturated rings. The Bertz CT molecular complexity index is 1340. The zero-order valence-electron chi connectivity index (χ0n) is 20.7. The molecule has 0 saturated heterocycles. The van der Waals surface area contributed by atoms with Crippen LogP contribution in [0.15, 0.2) is 60.7 Å². The van der Waals surface area contributed by atoms with Crippen LogP contribution in [0.2, 0.25) is 0 Å². The summed E-state index contributed by atoms with van der Waals surface area (Å²) in [7, 11) is 0. The minimum atomic E-state index is -1.05. The molecule has 1 atom stereocenters. The Labute approximate surface area is 214 Å². The van der Waals surface area contributed by atoms with Gasteiger partial charge in [-0.05, 0) is 67.1 Å². The second-order valence-electron chi connectivity index (χ2n) is 9.10. The van der Waals surface area contributed by atoms with E-state index in [1.165, 1.54) is 6.07 Å². The molecule has 37 heavy (non-hydrogen) atoms. The first kappa shape index (κ1) is 26.0. The third kappa shape index (κ3) is 5.69. The molecule has 1 aliphatic carbocycles. The van der Waals surface area contributed by atoms with Gasteiger partial charge in [-0.2, -0.15) is 0 Å². The number of carbonyl (C=O) groups excluding carboxylic acids is 3.